The lowest BCUT2D eigenvalue weighted by Gasteiger charge is -2.34. The summed E-state index contributed by atoms with van der Waals surface area (Å²) in [6, 6.07) is 9.36. The predicted molar refractivity (Wildman–Crippen MR) is 92.7 cm³/mol. The summed E-state index contributed by atoms with van der Waals surface area (Å²) >= 11 is 1.37. The largest absolute Gasteiger partial charge is 0.497 e. The zero-order valence-electron chi connectivity index (χ0n) is 13.6. The van der Waals surface area contributed by atoms with Gasteiger partial charge in [0.2, 0.25) is 0 Å². The van der Waals surface area contributed by atoms with E-state index in [-0.39, 0.29) is 6.04 Å². The van der Waals surface area contributed by atoms with Crippen molar-refractivity contribution in [3.63, 3.8) is 0 Å². The molecule has 0 radical (unpaired) electrons. The van der Waals surface area contributed by atoms with Gasteiger partial charge in [0.15, 0.2) is 0 Å². The molecule has 6 heteroatoms. The Bertz CT molecular complexity index is 811. The lowest BCUT2D eigenvalue weighted by molar-refractivity contribution is 0.326. The van der Waals surface area contributed by atoms with Gasteiger partial charge in [-0.25, -0.2) is 8.42 Å². The number of benzene rings is 1. The molecule has 2 heterocycles. The van der Waals surface area contributed by atoms with Crippen LogP contribution in [0.4, 0.5) is 0 Å². The minimum atomic E-state index is -3.44. The molecule has 0 N–H and O–H groups in total. The first-order valence-corrected chi connectivity index (χ1v) is 10.0. The lowest BCUT2D eigenvalue weighted by atomic mass is 9.95. The number of sulfonamides is 1. The smallest absolute Gasteiger partial charge is 0.253 e. The van der Waals surface area contributed by atoms with Gasteiger partial charge in [0.1, 0.15) is 9.96 Å². The molecule has 0 saturated heterocycles. The SMILES string of the molecule is CCc1ccc(S(=O)(=O)N2CCc3cc(OC)ccc3C2C)s1. The highest BCUT2D eigenvalue weighted by Gasteiger charge is 2.34. The van der Waals surface area contributed by atoms with Gasteiger partial charge in [-0.3, -0.25) is 0 Å². The number of hydrogen-bond acceptors (Lipinski definition) is 4. The highest BCUT2D eigenvalue weighted by atomic mass is 32.2. The minimum Gasteiger partial charge on any atom is -0.497 e. The molecule has 0 fully saturated rings. The van der Waals surface area contributed by atoms with Crippen molar-refractivity contribution in [3.05, 3.63) is 46.3 Å². The average molecular weight is 351 g/mol. The summed E-state index contributed by atoms with van der Waals surface area (Å²) in [5.41, 5.74) is 2.23. The zero-order chi connectivity index (χ0) is 16.6. The van der Waals surface area contributed by atoms with Gasteiger partial charge < -0.3 is 4.74 Å². The Morgan fingerprint density at radius 2 is 2.09 bits per heavy atom. The molecule has 1 aromatic heterocycles. The first-order valence-electron chi connectivity index (χ1n) is 7.74. The summed E-state index contributed by atoms with van der Waals surface area (Å²) in [5.74, 6) is 0.818. The number of aryl methyl sites for hydroxylation is 1. The molecule has 0 aliphatic carbocycles. The number of thiophene rings is 1. The van der Waals surface area contributed by atoms with E-state index in [4.69, 9.17) is 4.74 Å². The van der Waals surface area contributed by atoms with Gasteiger partial charge in [0.05, 0.1) is 7.11 Å². The second-order valence-corrected chi connectivity index (χ2v) is 8.97. The van der Waals surface area contributed by atoms with Crippen molar-refractivity contribution in [3.8, 4) is 5.75 Å². The van der Waals surface area contributed by atoms with Gasteiger partial charge in [-0.2, -0.15) is 4.31 Å². The van der Waals surface area contributed by atoms with Crippen LogP contribution in [-0.2, 0) is 22.9 Å². The number of hydrogen-bond donors (Lipinski definition) is 0. The molecule has 0 spiro atoms. The number of rotatable bonds is 4. The van der Waals surface area contributed by atoms with Gasteiger partial charge in [0.25, 0.3) is 10.0 Å². The first kappa shape index (κ1) is 16.5. The lowest BCUT2D eigenvalue weighted by Crippen LogP contribution is -2.38. The van der Waals surface area contributed by atoms with Crippen LogP contribution in [0.2, 0.25) is 0 Å². The monoisotopic (exact) mass is 351 g/mol. The van der Waals surface area contributed by atoms with E-state index in [1.807, 2.05) is 38.1 Å². The van der Waals surface area contributed by atoms with Crippen molar-refractivity contribution in [1.29, 1.82) is 0 Å². The van der Waals surface area contributed by atoms with Crippen LogP contribution in [0.25, 0.3) is 0 Å². The summed E-state index contributed by atoms with van der Waals surface area (Å²) in [6.07, 6.45) is 1.57. The average Bonchev–Trinajstić information content (AvgIpc) is 3.04. The van der Waals surface area contributed by atoms with E-state index in [2.05, 4.69) is 0 Å². The van der Waals surface area contributed by atoms with Crippen LogP contribution in [0.1, 0.15) is 35.9 Å². The third kappa shape index (κ3) is 2.91. The zero-order valence-corrected chi connectivity index (χ0v) is 15.2. The molecule has 1 aliphatic rings. The van der Waals surface area contributed by atoms with E-state index in [0.717, 1.165) is 22.6 Å². The summed E-state index contributed by atoms with van der Waals surface area (Å²) in [5, 5.41) is 0. The fourth-order valence-corrected chi connectivity index (χ4v) is 6.08. The number of ether oxygens (including phenoxy) is 1. The Balaban J connectivity index is 1.95. The Labute approximate surface area is 141 Å². The highest BCUT2D eigenvalue weighted by Crippen LogP contribution is 2.36. The molecule has 1 atom stereocenters. The van der Waals surface area contributed by atoms with Crippen LogP contribution in [0.5, 0.6) is 5.75 Å². The molecule has 0 amide bonds. The van der Waals surface area contributed by atoms with Crippen LogP contribution < -0.4 is 4.74 Å². The van der Waals surface area contributed by atoms with Crippen LogP contribution in [-0.4, -0.2) is 26.4 Å². The molecule has 0 saturated carbocycles. The third-order valence-electron chi connectivity index (χ3n) is 4.38. The molecule has 4 nitrogen and oxygen atoms in total. The van der Waals surface area contributed by atoms with Crippen LogP contribution in [0.3, 0.4) is 0 Å². The summed E-state index contributed by atoms with van der Waals surface area (Å²) < 4.78 is 33.3. The predicted octanol–water partition coefficient (Wildman–Crippen LogP) is 3.63. The molecule has 3 rings (SSSR count). The molecule has 1 aliphatic heterocycles. The summed E-state index contributed by atoms with van der Waals surface area (Å²) in [7, 11) is -1.79. The Morgan fingerprint density at radius 1 is 1.30 bits per heavy atom. The van der Waals surface area contributed by atoms with E-state index in [1.54, 1.807) is 17.5 Å². The molecule has 1 aromatic carbocycles. The van der Waals surface area contributed by atoms with E-state index in [0.29, 0.717) is 17.2 Å². The van der Waals surface area contributed by atoms with E-state index in [9.17, 15) is 8.42 Å². The fraction of sp³-hybridized carbons (Fsp3) is 0.412. The Morgan fingerprint density at radius 3 is 2.74 bits per heavy atom. The van der Waals surface area contributed by atoms with Gasteiger partial charge in [-0.1, -0.05) is 13.0 Å². The summed E-state index contributed by atoms with van der Waals surface area (Å²) in [6.45, 7) is 4.49. The van der Waals surface area contributed by atoms with E-state index in [1.165, 1.54) is 16.9 Å². The first-order chi connectivity index (χ1) is 11.0. The van der Waals surface area contributed by atoms with E-state index >= 15 is 0 Å². The second kappa shape index (κ2) is 6.26. The molecule has 23 heavy (non-hydrogen) atoms. The topological polar surface area (TPSA) is 46.6 Å². The van der Waals surface area contributed by atoms with Crippen molar-refractivity contribution in [2.75, 3.05) is 13.7 Å². The standard InChI is InChI=1S/C17H21NO3S2/c1-4-15-6-8-17(22-15)23(19,20)18-10-9-13-11-14(21-3)5-7-16(13)12(18)2/h5-8,11-12H,4,9-10H2,1-3H3. The van der Waals surface area contributed by atoms with Crippen molar-refractivity contribution in [1.82, 2.24) is 4.31 Å². The van der Waals surface area contributed by atoms with Gasteiger partial charge in [-0.15, -0.1) is 11.3 Å². The minimum absolute atomic E-state index is 0.165. The van der Waals surface area contributed by atoms with Crippen LogP contribution >= 0.6 is 11.3 Å². The second-order valence-electron chi connectivity index (χ2n) is 5.68. The maximum atomic E-state index is 13.0. The Hall–Kier alpha value is -1.37. The van der Waals surface area contributed by atoms with Crippen molar-refractivity contribution < 1.29 is 13.2 Å². The maximum absolute atomic E-state index is 13.0. The van der Waals surface area contributed by atoms with Gasteiger partial charge >= 0.3 is 0 Å². The number of methoxy groups -OCH3 is 1. The Kier molecular flexibility index (Phi) is 4.49. The normalized spacial score (nSPS) is 18.7. The van der Waals surface area contributed by atoms with E-state index < -0.39 is 10.0 Å². The number of nitrogens with zero attached hydrogens (tertiary/aromatic N) is 1. The van der Waals surface area contributed by atoms with Crippen molar-refractivity contribution >= 4 is 21.4 Å². The molecule has 2 aromatic rings. The molecular formula is C17H21NO3S2. The van der Waals surface area contributed by atoms with Crippen molar-refractivity contribution in [2.24, 2.45) is 0 Å². The molecule has 1 unspecified atom stereocenters. The quantitative estimate of drug-likeness (QED) is 0.845. The summed E-state index contributed by atoms with van der Waals surface area (Å²) in [4.78, 5) is 1.10. The molecular weight excluding hydrogens is 330 g/mol. The highest BCUT2D eigenvalue weighted by molar-refractivity contribution is 7.91. The molecule has 124 valence electrons. The van der Waals surface area contributed by atoms with Crippen LogP contribution in [0, 0.1) is 0 Å². The third-order valence-corrected chi connectivity index (χ3v) is 8.05. The number of fused-ring (bicyclic) bond motifs is 1. The van der Waals surface area contributed by atoms with Crippen molar-refractivity contribution in [2.45, 2.75) is 36.9 Å². The van der Waals surface area contributed by atoms with Gasteiger partial charge in [0, 0.05) is 17.5 Å². The van der Waals surface area contributed by atoms with Crippen LogP contribution in [0.15, 0.2) is 34.5 Å². The van der Waals surface area contributed by atoms with Gasteiger partial charge in [-0.05, 0) is 55.2 Å². The molecule has 0 bridgehead atoms. The fourth-order valence-electron chi connectivity index (χ4n) is 3.04. The maximum Gasteiger partial charge on any atom is 0.253 e.